The molecule has 0 fully saturated rings. The van der Waals surface area contributed by atoms with Crippen LogP contribution in [0.5, 0.6) is 5.75 Å². The Morgan fingerprint density at radius 3 is 2.38 bits per heavy atom. The summed E-state index contributed by atoms with van der Waals surface area (Å²) in [6.07, 6.45) is 0. The number of rotatable bonds is 7. The lowest BCUT2D eigenvalue weighted by atomic mass is 10.0. The quantitative estimate of drug-likeness (QED) is 0.409. The smallest absolute Gasteiger partial charge is 0.348 e. The number of carbonyl (C=O) groups excluding carboxylic acids is 3. The second-order valence-electron chi connectivity index (χ2n) is 6.65. The van der Waals surface area contributed by atoms with Gasteiger partial charge in [0.1, 0.15) is 15.6 Å². The minimum absolute atomic E-state index is 0.132. The number of thiophene rings is 1. The summed E-state index contributed by atoms with van der Waals surface area (Å²) < 4.78 is 16.4. The molecule has 3 aromatic rings. The molecular formula is C23H22BrNO6S. The van der Waals surface area contributed by atoms with Crippen LogP contribution in [0.3, 0.4) is 0 Å². The zero-order valence-corrected chi connectivity index (χ0v) is 20.4. The van der Waals surface area contributed by atoms with E-state index in [0.29, 0.717) is 15.8 Å². The van der Waals surface area contributed by atoms with Gasteiger partial charge in [0, 0.05) is 0 Å². The predicted octanol–water partition coefficient (Wildman–Crippen LogP) is 5.59. The van der Waals surface area contributed by atoms with E-state index >= 15 is 0 Å². The molecule has 0 aliphatic rings. The summed E-state index contributed by atoms with van der Waals surface area (Å²) in [6.45, 7) is 5.34. The Morgan fingerprint density at radius 2 is 1.72 bits per heavy atom. The van der Waals surface area contributed by atoms with Gasteiger partial charge in [0.15, 0.2) is 0 Å². The maximum Gasteiger partial charge on any atom is 0.348 e. The van der Waals surface area contributed by atoms with Crippen molar-refractivity contribution in [3.8, 4) is 5.75 Å². The molecule has 0 spiro atoms. The van der Waals surface area contributed by atoms with Crippen molar-refractivity contribution in [2.24, 2.45) is 0 Å². The Kier molecular flexibility index (Phi) is 7.52. The number of fused-ring (bicyclic) bond motifs is 1. The highest BCUT2D eigenvalue weighted by molar-refractivity contribution is 9.10. The standard InChI is InChI=1S/C23H22BrNO6S/c1-5-30-22(27)16-12(3)19(23(28)31-6-2)32-21(16)25-20(26)15-11-13-9-7-8-10-14(13)17(24)18(15)29-4/h7-11H,5-6H2,1-4H3,(H,25,26). The number of benzene rings is 2. The van der Waals surface area contributed by atoms with Gasteiger partial charge in [-0.1, -0.05) is 24.3 Å². The fraction of sp³-hybridized carbons (Fsp3) is 0.261. The fourth-order valence-corrected chi connectivity index (χ4v) is 5.09. The van der Waals surface area contributed by atoms with Gasteiger partial charge in [0.05, 0.1) is 35.9 Å². The zero-order chi connectivity index (χ0) is 23.4. The highest BCUT2D eigenvalue weighted by Gasteiger charge is 2.28. The molecule has 0 saturated carbocycles. The fourth-order valence-electron chi connectivity index (χ4n) is 3.26. The second-order valence-corrected chi connectivity index (χ2v) is 8.46. The molecule has 1 heterocycles. The molecule has 0 bridgehead atoms. The molecular weight excluding hydrogens is 498 g/mol. The van der Waals surface area contributed by atoms with E-state index in [9.17, 15) is 14.4 Å². The van der Waals surface area contributed by atoms with E-state index in [1.807, 2.05) is 24.3 Å². The summed E-state index contributed by atoms with van der Waals surface area (Å²) in [7, 11) is 1.48. The number of nitrogens with one attached hydrogen (secondary N) is 1. The number of carbonyl (C=O) groups is 3. The maximum atomic E-state index is 13.3. The van der Waals surface area contributed by atoms with Gasteiger partial charge in [-0.2, -0.15) is 0 Å². The molecule has 0 radical (unpaired) electrons. The van der Waals surface area contributed by atoms with Crippen LogP contribution >= 0.6 is 27.3 Å². The van der Waals surface area contributed by atoms with E-state index in [1.165, 1.54) is 7.11 Å². The lowest BCUT2D eigenvalue weighted by molar-refractivity contribution is 0.0527. The van der Waals surface area contributed by atoms with Crippen LogP contribution in [-0.2, 0) is 9.47 Å². The lowest BCUT2D eigenvalue weighted by Gasteiger charge is -2.13. The molecule has 0 aliphatic carbocycles. The average Bonchev–Trinajstić information content (AvgIpc) is 3.09. The Morgan fingerprint density at radius 1 is 1.06 bits per heavy atom. The van der Waals surface area contributed by atoms with Crippen LogP contribution in [0.25, 0.3) is 10.8 Å². The van der Waals surface area contributed by atoms with Crippen LogP contribution in [0.15, 0.2) is 34.8 Å². The Hall–Kier alpha value is -2.91. The minimum Gasteiger partial charge on any atom is -0.495 e. The number of anilines is 1. The minimum atomic E-state index is -0.626. The highest BCUT2D eigenvalue weighted by Crippen LogP contribution is 2.39. The average molecular weight is 520 g/mol. The van der Waals surface area contributed by atoms with Gasteiger partial charge in [-0.05, 0) is 59.1 Å². The van der Waals surface area contributed by atoms with Gasteiger partial charge >= 0.3 is 11.9 Å². The monoisotopic (exact) mass is 519 g/mol. The Balaban J connectivity index is 2.08. The number of halogens is 1. The van der Waals surface area contributed by atoms with Crippen molar-refractivity contribution in [2.75, 3.05) is 25.6 Å². The first-order valence-corrected chi connectivity index (χ1v) is 11.5. The van der Waals surface area contributed by atoms with E-state index in [1.54, 1.807) is 26.8 Å². The van der Waals surface area contributed by atoms with Crippen LogP contribution in [0.1, 0.15) is 49.8 Å². The third-order valence-electron chi connectivity index (χ3n) is 4.70. The van der Waals surface area contributed by atoms with Gasteiger partial charge in [-0.3, -0.25) is 4.79 Å². The predicted molar refractivity (Wildman–Crippen MR) is 127 cm³/mol. The molecule has 168 valence electrons. The molecule has 0 aliphatic heterocycles. The third-order valence-corrected chi connectivity index (χ3v) is 6.68. The third kappa shape index (κ3) is 4.49. The van der Waals surface area contributed by atoms with Gasteiger partial charge < -0.3 is 19.5 Å². The van der Waals surface area contributed by atoms with Crippen molar-refractivity contribution in [2.45, 2.75) is 20.8 Å². The van der Waals surface area contributed by atoms with Crippen molar-refractivity contribution >= 4 is 60.9 Å². The molecule has 1 N–H and O–H groups in total. The van der Waals surface area contributed by atoms with Gasteiger partial charge in [-0.25, -0.2) is 9.59 Å². The van der Waals surface area contributed by atoms with Crippen LogP contribution in [0.4, 0.5) is 5.00 Å². The number of ether oxygens (including phenoxy) is 3. The second kappa shape index (κ2) is 10.1. The summed E-state index contributed by atoms with van der Waals surface area (Å²) in [5, 5.41) is 4.70. The largest absolute Gasteiger partial charge is 0.495 e. The normalized spacial score (nSPS) is 10.7. The molecule has 1 amide bonds. The van der Waals surface area contributed by atoms with Crippen molar-refractivity contribution in [3.05, 3.63) is 56.4 Å². The summed E-state index contributed by atoms with van der Waals surface area (Å²) in [5.41, 5.74) is 0.803. The van der Waals surface area contributed by atoms with E-state index in [2.05, 4.69) is 21.2 Å². The number of methoxy groups -OCH3 is 1. The number of amides is 1. The summed E-state index contributed by atoms with van der Waals surface area (Å²) >= 11 is 4.49. The molecule has 0 atom stereocenters. The SMILES string of the molecule is CCOC(=O)c1sc(NC(=O)c2cc3ccccc3c(Br)c2OC)c(C(=O)OCC)c1C. The highest BCUT2D eigenvalue weighted by atomic mass is 79.9. The molecule has 32 heavy (non-hydrogen) atoms. The van der Waals surface area contributed by atoms with Crippen LogP contribution < -0.4 is 10.1 Å². The molecule has 0 saturated heterocycles. The Bertz CT molecular complexity index is 1200. The summed E-state index contributed by atoms with van der Waals surface area (Å²) in [6, 6.07) is 9.27. The van der Waals surface area contributed by atoms with Crippen LogP contribution in [-0.4, -0.2) is 38.2 Å². The van der Waals surface area contributed by atoms with E-state index in [4.69, 9.17) is 14.2 Å². The first-order chi connectivity index (χ1) is 15.3. The molecule has 2 aromatic carbocycles. The van der Waals surface area contributed by atoms with Gasteiger partial charge in [-0.15, -0.1) is 11.3 Å². The molecule has 9 heteroatoms. The Labute approximate surface area is 197 Å². The maximum absolute atomic E-state index is 13.3. The number of hydrogen-bond acceptors (Lipinski definition) is 7. The molecule has 1 aromatic heterocycles. The molecule has 0 unspecified atom stereocenters. The lowest BCUT2D eigenvalue weighted by Crippen LogP contribution is -2.16. The van der Waals surface area contributed by atoms with Crippen LogP contribution in [0.2, 0.25) is 0 Å². The number of esters is 2. The van der Waals surface area contributed by atoms with Crippen molar-refractivity contribution in [1.29, 1.82) is 0 Å². The molecule has 7 nitrogen and oxygen atoms in total. The van der Waals surface area contributed by atoms with E-state index in [0.717, 1.165) is 22.1 Å². The van der Waals surface area contributed by atoms with Crippen molar-refractivity contribution < 1.29 is 28.6 Å². The van der Waals surface area contributed by atoms with E-state index in [-0.39, 0.29) is 34.2 Å². The first kappa shape index (κ1) is 23.7. The van der Waals surface area contributed by atoms with Crippen molar-refractivity contribution in [3.63, 3.8) is 0 Å². The molecule has 3 rings (SSSR count). The van der Waals surface area contributed by atoms with Crippen LogP contribution in [0, 0.1) is 6.92 Å². The summed E-state index contributed by atoms with van der Waals surface area (Å²) in [4.78, 5) is 38.5. The topological polar surface area (TPSA) is 90.9 Å². The van der Waals surface area contributed by atoms with E-state index < -0.39 is 17.8 Å². The summed E-state index contributed by atoms with van der Waals surface area (Å²) in [5.74, 6) is -1.32. The first-order valence-electron chi connectivity index (χ1n) is 9.88. The van der Waals surface area contributed by atoms with Gasteiger partial charge in [0.2, 0.25) is 0 Å². The zero-order valence-electron chi connectivity index (χ0n) is 18.0. The van der Waals surface area contributed by atoms with Gasteiger partial charge in [0.25, 0.3) is 5.91 Å². The van der Waals surface area contributed by atoms with Crippen molar-refractivity contribution in [1.82, 2.24) is 0 Å². The number of hydrogen-bond donors (Lipinski definition) is 1.